The highest BCUT2D eigenvalue weighted by Gasteiger charge is 2.23. The first-order chi connectivity index (χ1) is 13.3. The molecule has 1 aromatic heterocycles. The minimum atomic E-state index is -0.534. The molecule has 0 aliphatic heterocycles. The highest BCUT2D eigenvalue weighted by atomic mass is 16.3. The molecule has 0 bridgehead atoms. The third-order valence-corrected chi connectivity index (χ3v) is 5.05. The average molecular weight is 356 g/mol. The van der Waals surface area contributed by atoms with Gasteiger partial charge in [0.25, 0.3) is 0 Å². The van der Waals surface area contributed by atoms with E-state index in [4.69, 9.17) is 0 Å². The third kappa shape index (κ3) is 3.52. The Labute approximate surface area is 159 Å². The summed E-state index contributed by atoms with van der Waals surface area (Å²) in [4.78, 5) is 0. The number of nitrogens with zero attached hydrogens (tertiary/aromatic N) is 1. The van der Waals surface area contributed by atoms with Gasteiger partial charge in [0.1, 0.15) is 0 Å². The normalized spacial score (nSPS) is 13.6. The van der Waals surface area contributed by atoms with E-state index in [9.17, 15) is 5.11 Å². The second kappa shape index (κ2) is 7.78. The van der Waals surface area contributed by atoms with E-state index in [0.29, 0.717) is 6.54 Å². The molecule has 3 heteroatoms. The van der Waals surface area contributed by atoms with Crippen LogP contribution in [-0.4, -0.2) is 29.4 Å². The van der Waals surface area contributed by atoms with Gasteiger partial charge in [-0.25, -0.2) is 0 Å². The lowest BCUT2D eigenvalue weighted by Gasteiger charge is -2.26. The van der Waals surface area contributed by atoms with Crippen molar-refractivity contribution >= 4 is 10.9 Å². The van der Waals surface area contributed by atoms with Crippen molar-refractivity contribution < 1.29 is 5.11 Å². The van der Waals surface area contributed by atoms with Crippen molar-refractivity contribution in [2.45, 2.75) is 12.1 Å². The van der Waals surface area contributed by atoms with Crippen molar-refractivity contribution in [2.75, 3.05) is 13.6 Å². The maximum absolute atomic E-state index is 10.9. The summed E-state index contributed by atoms with van der Waals surface area (Å²) in [7, 11) is 1.87. The van der Waals surface area contributed by atoms with E-state index in [2.05, 4.69) is 76.7 Å². The van der Waals surface area contributed by atoms with Crippen LogP contribution in [0.4, 0.5) is 0 Å². The van der Waals surface area contributed by atoms with Crippen molar-refractivity contribution in [1.29, 1.82) is 0 Å². The molecular formula is C24H24N2O. The van der Waals surface area contributed by atoms with Gasteiger partial charge in [-0.15, -0.1) is 0 Å². The number of benzene rings is 3. The Hall–Kier alpha value is -2.88. The lowest BCUT2D eigenvalue weighted by molar-refractivity contribution is 0.132. The van der Waals surface area contributed by atoms with Crippen molar-refractivity contribution in [3.05, 3.63) is 96.7 Å². The molecule has 0 radical (unpaired) electrons. The summed E-state index contributed by atoms with van der Waals surface area (Å²) in [5.41, 5.74) is 4.60. The summed E-state index contributed by atoms with van der Waals surface area (Å²) in [6.45, 7) is 0.525. The van der Waals surface area contributed by atoms with E-state index >= 15 is 0 Å². The van der Waals surface area contributed by atoms with Crippen molar-refractivity contribution in [2.24, 2.45) is 0 Å². The predicted octanol–water partition coefficient (Wildman–Crippen LogP) is 4.48. The van der Waals surface area contributed by atoms with Crippen LogP contribution in [0, 0.1) is 0 Å². The number of nitrogens with one attached hydrogen (secondary N) is 1. The number of aliphatic hydroxyl groups is 1. The average Bonchev–Trinajstić information content (AvgIpc) is 3.13. The molecule has 0 aliphatic carbocycles. The van der Waals surface area contributed by atoms with Crippen LogP contribution in [0.25, 0.3) is 22.0 Å². The van der Waals surface area contributed by atoms with Crippen LogP contribution < -0.4 is 5.32 Å². The number of rotatable bonds is 6. The molecule has 4 aromatic rings. The maximum Gasteiger partial charge on any atom is 0.0912 e. The number of likely N-dealkylation sites (N-methyl/N-ethyl adjacent to an activating group) is 1. The van der Waals surface area contributed by atoms with Crippen LogP contribution in [0.2, 0.25) is 0 Å². The zero-order valence-electron chi connectivity index (χ0n) is 15.4. The number of aromatic nitrogens is 1. The first-order valence-corrected chi connectivity index (χ1v) is 9.31. The molecule has 0 saturated carbocycles. The van der Waals surface area contributed by atoms with E-state index in [1.165, 1.54) is 16.5 Å². The van der Waals surface area contributed by atoms with Crippen LogP contribution in [0.5, 0.6) is 0 Å². The summed E-state index contributed by atoms with van der Waals surface area (Å²) in [5, 5.41) is 15.2. The molecule has 4 rings (SSSR count). The summed E-state index contributed by atoms with van der Waals surface area (Å²) in [6, 6.07) is 29.1. The maximum atomic E-state index is 10.9. The fourth-order valence-electron chi connectivity index (χ4n) is 3.74. The molecule has 0 saturated heterocycles. The molecule has 1 heterocycles. The summed E-state index contributed by atoms with van der Waals surface area (Å²) >= 11 is 0. The van der Waals surface area contributed by atoms with Crippen molar-refractivity contribution in [3.8, 4) is 11.1 Å². The molecule has 0 fully saturated rings. The lowest BCUT2D eigenvalue weighted by Crippen LogP contribution is -2.33. The molecular weight excluding hydrogens is 332 g/mol. The van der Waals surface area contributed by atoms with Gasteiger partial charge in [-0.1, -0.05) is 72.8 Å². The van der Waals surface area contributed by atoms with Gasteiger partial charge in [-0.05, 0) is 41.3 Å². The molecule has 0 amide bonds. The Balaban J connectivity index is 1.85. The second-order valence-electron chi connectivity index (χ2n) is 6.84. The van der Waals surface area contributed by atoms with Crippen LogP contribution in [0.1, 0.15) is 11.6 Å². The van der Waals surface area contributed by atoms with Gasteiger partial charge in [0.15, 0.2) is 0 Å². The first kappa shape index (κ1) is 17.5. The molecule has 2 atom stereocenters. The Morgan fingerprint density at radius 3 is 2.26 bits per heavy atom. The number of aliphatic hydroxyl groups excluding tert-OH is 1. The Morgan fingerprint density at radius 2 is 1.56 bits per heavy atom. The van der Waals surface area contributed by atoms with E-state index < -0.39 is 6.10 Å². The minimum Gasteiger partial charge on any atom is -0.389 e. The number of fused-ring (bicyclic) bond motifs is 1. The van der Waals surface area contributed by atoms with E-state index in [1.54, 1.807) is 0 Å². The molecule has 0 spiro atoms. The second-order valence-corrected chi connectivity index (χ2v) is 6.84. The fourth-order valence-corrected chi connectivity index (χ4v) is 3.74. The molecule has 3 aromatic carbocycles. The molecule has 27 heavy (non-hydrogen) atoms. The van der Waals surface area contributed by atoms with Gasteiger partial charge >= 0.3 is 0 Å². The fraction of sp³-hybridized carbons (Fsp3) is 0.167. The molecule has 0 aliphatic rings. The van der Waals surface area contributed by atoms with E-state index in [0.717, 1.165) is 11.1 Å². The number of hydrogen-bond acceptors (Lipinski definition) is 2. The zero-order valence-corrected chi connectivity index (χ0v) is 15.4. The van der Waals surface area contributed by atoms with Crippen LogP contribution in [-0.2, 0) is 0 Å². The van der Waals surface area contributed by atoms with Crippen LogP contribution in [0.3, 0.4) is 0 Å². The first-order valence-electron chi connectivity index (χ1n) is 9.31. The third-order valence-electron chi connectivity index (χ3n) is 5.05. The lowest BCUT2D eigenvalue weighted by atomic mass is 10.00. The summed E-state index contributed by atoms with van der Waals surface area (Å²) in [5.74, 6) is 0. The number of hydrogen-bond donors (Lipinski definition) is 2. The highest BCUT2D eigenvalue weighted by Crippen LogP contribution is 2.31. The monoisotopic (exact) mass is 356 g/mol. The zero-order chi connectivity index (χ0) is 18.6. The van der Waals surface area contributed by atoms with Crippen LogP contribution >= 0.6 is 0 Å². The topological polar surface area (TPSA) is 37.2 Å². The molecule has 3 nitrogen and oxygen atoms in total. The van der Waals surface area contributed by atoms with Gasteiger partial charge in [0.05, 0.1) is 12.1 Å². The molecule has 136 valence electrons. The Kier molecular flexibility index (Phi) is 5.05. The van der Waals surface area contributed by atoms with Gasteiger partial charge < -0.3 is 15.0 Å². The summed E-state index contributed by atoms with van der Waals surface area (Å²) < 4.78 is 2.19. The largest absolute Gasteiger partial charge is 0.389 e. The Bertz CT molecular complexity index is 1010. The Morgan fingerprint density at radius 1 is 0.852 bits per heavy atom. The van der Waals surface area contributed by atoms with Crippen LogP contribution in [0.15, 0.2) is 91.1 Å². The highest BCUT2D eigenvalue weighted by molar-refractivity contribution is 5.85. The van der Waals surface area contributed by atoms with E-state index in [-0.39, 0.29) is 6.04 Å². The van der Waals surface area contributed by atoms with Crippen molar-refractivity contribution in [1.82, 2.24) is 9.88 Å². The van der Waals surface area contributed by atoms with Gasteiger partial charge in [-0.3, -0.25) is 0 Å². The quantitative estimate of drug-likeness (QED) is 0.534. The van der Waals surface area contributed by atoms with Gasteiger partial charge in [0, 0.05) is 18.3 Å². The molecule has 2 N–H and O–H groups in total. The predicted molar refractivity (Wildman–Crippen MR) is 112 cm³/mol. The summed E-state index contributed by atoms with van der Waals surface area (Å²) in [6.07, 6.45) is 1.55. The smallest absolute Gasteiger partial charge is 0.0912 e. The minimum absolute atomic E-state index is 0.151. The molecule has 2 unspecified atom stereocenters. The standard InChI is InChI=1S/C24H24N2O/c1-25-17-23(27)24(20-10-6-3-7-11-20)26-15-14-19-12-13-21(16-22(19)26)18-8-4-2-5-9-18/h2-16,23-25,27H,17H2,1H3. The van der Waals surface area contributed by atoms with Gasteiger partial charge in [0.2, 0.25) is 0 Å². The van der Waals surface area contributed by atoms with E-state index in [1.807, 2.05) is 31.3 Å². The SMILES string of the molecule is CNCC(O)C(c1ccccc1)n1ccc2ccc(-c3ccccc3)cc21. The van der Waals surface area contributed by atoms with Crippen molar-refractivity contribution in [3.63, 3.8) is 0 Å². The van der Waals surface area contributed by atoms with Gasteiger partial charge in [-0.2, -0.15) is 0 Å².